The van der Waals surface area contributed by atoms with E-state index in [9.17, 15) is 17.4 Å². The van der Waals surface area contributed by atoms with Gasteiger partial charge in [-0.1, -0.05) is 0 Å². The molecule has 7 heteroatoms. The van der Waals surface area contributed by atoms with E-state index >= 15 is 0 Å². The number of aliphatic hydroxyl groups is 1. The van der Waals surface area contributed by atoms with Crippen molar-refractivity contribution in [2.75, 3.05) is 18.1 Å². The molecular weight excluding hydrogens is 231 g/mol. The predicted molar refractivity (Wildman–Crippen MR) is 51.0 cm³/mol. The molecule has 0 aromatic rings. The topological polar surface area (TPSA) is 49.3 Å². The summed E-state index contributed by atoms with van der Waals surface area (Å²) in [5.74, 6) is 1.06. The smallest absolute Gasteiger partial charge is 0.382 e. The second-order valence-corrected chi connectivity index (χ2v) is 5.28. The molecule has 0 bridgehead atoms. The minimum Gasteiger partial charge on any atom is -0.382 e. The number of rotatable bonds is 3. The lowest BCUT2D eigenvalue weighted by Gasteiger charge is -2.24. The first-order valence-electron chi connectivity index (χ1n) is 4.72. The molecule has 0 saturated carbocycles. The molecule has 1 atom stereocenters. The summed E-state index contributed by atoms with van der Waals surface area (Å²) in [5.41, 5.74) is 0. The van der Waals surface area contributed by atoms with Crippen LogP contribution in [0.1, 0.15) is 12.8 Å². The molecule has 3 nitrogen and oxygen atoms in total. The van der Waals surface area contributed by atoms with Crippen LogP contribution in [0.5, 0.6) is 0 Å². The van der Waals surface area contributed by atoms with Gasteiger partial charge in [0.05, 0.1) is 0 Å². The first-order chi connectivity index (χ1) is 6.89. The van der Waals surface area contributed by atoms with Crippen LogP contribution in [0, 0.1) is 0 Å². The lowest BCUT2D eigenvalue weighted by Crippen LogP contribution is -2.44. The highest BCUT2D eigenvalue weighted by atomic mass is 32.2. The zero-order valence-corrected chi connectivity index (χ0v) is 8.90. The van der Waals surface area contributed by atoms with Crippen LogP contribution in [0.2, 0.25) is 0 Å². The molecule has 1 rings (SSSR count). The summed E-state index contributed by atoms with van der Waals surface area (Å²) in [7, 11) is -0.817. The molecule has 1 unspecified atom stereocenters. The van der Waals surface area contributed by atoms with Crippen LogP contribution in [0.3, 0.4) is 0 Å². The molecule has 2 N–H and O–H groups in total. The van der Waals surface area contributed by atoms with Crippen molar-refractivity contribution in [1.29, 1.82) is 0 Å². The SMILES string of the molecule is O=S1CCC(NCC(O)C(F)(F)F)CC1. The second kappa shape index (κ2) is 5.27. The highest BCUT2D eigenvalue weighted by Crippen LogP contribution is 2.19. The van der Waals surface area contributed by atoms with Gasteiger partial charge in [-0.05, 0) is 12.8 Å². The third-order valence-corrected chi connectivity index (χ3v) is 3.75. The Hall–Kier alpha value is -0.140. The average Bonchev–Trinajstić information content (AvgIpc) is 2.15. The van der Waals surface area contributed by atoms with Crippen LogP contribution in [-0.2, 0) is 10.8 Å². The number of alkyl halides is 3. The maximum Gasteiger partial charge on any atom is 0.415 e. The van der Waals surface area contributed by atoms with E-state index in [0.717, 1.165) is 0 Å². The van der Waals surface area contributed by atoms with E-state index in [4.69, 9.17) is 5.11 Å². The molecule has 1 fully saturated rings. The van der Waals surface area contributed by atoms with E-state index in [2.05, 4.69) is 5.32 Å². The van der Waals surface area contributed by atoms with Crippen molar-refractivity contribution in [2.45, 2.75) is 31.2 Å². The van der Waals surface area contributed by atoms with Gasteiger partial charge in [-0.2, -0.15) is 13.2 Å². The lowest BCUT2D eigenvalue weighted by atomic mass is 10.1. The summed E-state index contributed by atoms with van der Waals surface area (Å²) in [6.07, 6.45) is -5.66. The molecule has 0 aromatic carbocycles. The van der Waals surface area contributed by atoms with E-state index in [1.54, 1.807) is 0 Å². The maximum absolute atomic E-state index is 11.9. The lowest BCUT2D eigenvalue weighted by molar-refractivity contribution is -0.202. The Morgan fingerprint density at radius 1 is 1.40 bits per heavy atom. The van der Waals surface area contributed by atoms with Crippen LogP contribution in [-0.4, -0.2) is 45.7 Å². The average molecular weight is 245 g/mol. The molecule has 90 valence electrons. The van der Waals surface area contributed by atoms with Crippen LogP contribution < -0.4 is 5.32 Å². The van der Waals surface area contributed by atoms with Crippen molar-refractivity contribution in [3.63, 3.8) is 0 Å². The first kappa shape index (κ1) is 12.9. The van der Waals surface area contributed by atoms with Crippen molar-refractivity contribution < 1.29 is 22.5 Å². The van der Waals surface area contributed by atoms with Crippen molar-refractivity contribution in [1.82, 2.24) is 5.32 Å². The van der Waals surface area contributed by atoms with Gasteiger partial charge < -0.3 is 10.4 Å². The molecule has 1 aliphatic rings. The molecule has 1 aliphatic heterocycles. The fraction of sp³-hybridized carbons (Fsp3) is 1.00. The minimum atomic E-state index is -4.56. The van der Waals surface area contributed by atoms with E-state index < -0.39 is 29.6 Å². The summed E-state index contributed by atoms with van der Waals surface area (Å²) < 4.78 is 46.7. The molecule has 1 heterocycles. The third kappa shape index (κ3) is 4.48. The summed E-state index contributed by atoms with van der Waals surface area (Å²) in [5, 5.41) is 11.4. The van der Waals surface area contributed by atoms with Gasteiger partial charge in [-0.15, -0.1) is 0 Å². The Morgan fingerprint density at radius 2 is 1.93 bits per heavy atom. The molecular formula is C8H14F3NO2S. The highest BCUT2D eigenvalue weighted by Gasteiger charge is 2.38. The van der Waals surface area contributed by atoms with Gasteiger partial charge in [-0.25, -0.2) is 0 Å². The molecule has 0 aliphatic carbocycles. The van der Waals surface area contributed by atoms with Gasteiger partial charge in [0.1, 0.15) is 0 Å². The first-order valence-corrected chi connectivity index (χ1v) is 6.21. The van der Waals surface area contributed by atoms with Crippen molar-refractivity contribution in [3.05, 3.63) is 0 Å². The molecule has 1 saturated heterocycles. The predicted octanol–water partition coefficient (Wildman–Crippen LogP) is 0.410. The highest BCUT2D eigenvalue weighted by molar-refractivity contribution is 7.85. The zero-order valence-electron chi connectivity index (χ0n) is 8.09. The summed E-state index contributed by atoms with van der Waals surface area (Å²) in [4.78, 5) is 0. The molecule has 0 amide bonds. The fourth-order valence-electron chi connectivity index (χ4n) is 1.39. The molecule has 0 aromatic heterocycles. The Balaban J connectivity index is 2.23. The number of hydrogen-bond donors (Lipinski definition) is 2. The van der Waals surface area contributed by atoms with E-state index in [1.165, 1.54) is 0 Å². The van der Waals surface area contributed by atoms with Gasteiger partial charge in [0.25, 0.3) is 0 Å². The van der Waals surface area contributed by atoms with Crippen LogP contribution in [0.25, 0.3) is 0 Å². The van der Waals surface area contributed by atoms with Gasteiger partial charge in [0.15, 0.2) is 6.10 Å². The van der Waals surface area contributed by atoms with Crippen LogP contribution >= 0.6 is 0 Å². The second-order valence-electron chi connectivity index (χ2n) is 3.59. The zero-order chi connectivity index (χ0) is 11.5. The summed E-state index contributed by atoms with van der Waals surface area (Å²) >= 11 is 0. The molecule has 0 spiro atoms. The Bertz CT molecular complexity index is 224. The van der Waals surface area contributed by atoms with Crippen molar-refractivity contribution in [2.24, 2.45) is 0 Å². The quantitative estimate of drug-likeness (QED) is 0.757. The normalized spacial score (nSPS) is 30.1. The molecule has 0 radical (unpaired) electrons. The number of hydrogen-bond acceptors (Lipinski definition) is 3. The minimum absolute atomic E-state index is 0.0558. The van der Waals surface area contributed by atoms with Gasteiger partial charge in [0.2, 0.25) is 0 Å². The third-order valence-electron chi connectivity index (χ3n) is 2.37. The largest absolute Gasteiger partial charge is 0.415 e. The van der Waals surface area contributed by atoms with Gasteiger partial charge in [0, 0.05) is 34.9 Å². The Labute approximate surface area is 88.5 Å². The van der Waals surface area contributed by atoms with Gasteiger partial charge >= 0.3 is 6.18 Å². The van der Waals surface area contributed by atoms with Crippen molar-refractivity contribution >= 4 is 10.8 Å². The Morgan fingerprint density at radius 3 is 2.40 bits per heavy atom. The monoisotopic (exact) mass is 245 g/mol. The maximum atomic E-state index is 11.9. The van der Waals surface area contributed by atoms with Crippen LogP contribution in [0.4, 0.5) is 13.2 Å². The molecule has 15 heavy (non-hydrogen) atoms. The standard InChI is InChI=1S/C8H14F3NO2S/c9-8(10,11)7(13)5-12-6-1-3-15(14)4-2-6/h6-7,12-13H,1-5H2. The van der Waals surface area contributed by atoms with E-state index in [0.29, 0.717) is 24.3 Å². The van der Waals surface area contributed by atoms with Crippen molar-refractivity contribution in [3.8, 4) is 0 Å². The summed E-state index contributed by atoms with van der Waals surface area (Å²) in [6.45, 7) is -0.485. The van der Waals surface area contributed by atoms with Crippen LogP contribution in [0.15, 0.2) is 0 Å². The number of halogens is 3. The van der Waals surface area contributed by atoms with Gasteiger partial charge in [-0.3, -0.25) is 4.21 Å². The Kier molecular flexibility index (Phi) is 4.54. The van der Waals surface area contributed by atoms with E-state index in [-0.39, 0.29) is 6.04 Å². The number of nitrogens with one attached hydrogen (secondary N) is 1. The van der Waals surface area contributed by atoms with E-state index in [1.807, 2.05) is 0 Å². The summed E-state index contributed by atoms with van der Waals surface area (Å²) in [6, 6.07) is -0.0558. The number of aliphatic hydroxyl groups excluding tert-OH is 1. The fourth-order valence-corrected chi connectivity index (χ4v) is 2.69.